The molecule has 0 fully saturated rings. The van der Waals surface area contributed by atoms with Crippen molar-refractivity contribution in [2.75, 3.05) is 13.2 Å². The predicted molar refractivity (Wildman–Crippen MR) is 91.8 cm³/mol. The van der Waals surface area contributed by atoms with Crippen molar-refractivity contribution in [1.82, 2.24) is 0 Å². The van der Waals surface area contributed by atoms with E-state index < -0.39 is 0 Å². The minimum absolute atomic E-state index is 0.00694. The van der Waals surface area contributed by atoms with Crippen LogP contribution in [0.15, 0.2) is 38.0 Å². The lowest BCUT2D eigenvalue weighted by Gasteiger charge is -2.04. The maximum Gasteiger partial charge on any atom is 0.0484 e. The number of aliphatic hydroxyl groups excluding tert-OH is 2. The molecule has 0 bridgehead atoms. The van der Waals surface area contributed by atoms with Gasteiger partial charge in [0.1, 0.15) is 0 Å². The smallest absolute Gasteiger partial charge is 0.0484 e. The first-order valence-electron chi connectivity index (χ1n) is 7.43. The largest absolute Gasteiger partial charge is 0.396 e. The molecule has 2 N–H and O–H groups in total. The average Bonchev–Trinajstić information content (AvgIpc) is 2.37. The van der Waals surface area contributed by atoms with Crippen LogP contribution >= 0.6 is 0 Å². The summed E-state index contributed by atoms with van der Waals surface area (Å²) in [6.07, 6.45) is 8.56. The first kappa shape index (κ1) is 24.2. The summed E-state index contributed by atoms with van der Waals surface area (Å²) in [6.45, 7) is 19.5. The lowest BCUT2D eigenvalue weighted by Crippen LogP contribution is -2.08. The third-order valence-electron chi connectivity index (χ3n) is 2.29. The molecular formula is C18H36O2. The number of hydrogen-bond acceptors (Lipinski definition) is 2. The van der Waals surface area contributed by atoms with Gasteiger partial charge in [-0.3, -0.25) is 0 Å². The predicted octanol–water partition coefficient (Wildman–Crippen LogP) is 4.60. The van der Waals surface area contributed by atoms with E-state index in [9.17, 15) is 0 Å². The third-order valence-corrected chi connectivity index (χ3v) is 2.29. The number of allylic oxidation sites excluding steroid dienone is 3. The molecule has 0 saturated carbocycles. The number of hydrogen-bond donors (Lipinski definition) is 2. The molecule has 0 radical (unpaired) electrons. The van der Waals surface area contributed by atoms with Gasteiger partial charge in [-0.1, -0.05) is 45.9 Å². The molecule has 0 rings (SSSR count). The Morgan fingerprint density at radius 1 is 0.700 bits per heavy atom. The van der Waals surface area contributed by atoms with E-state index in [1.54, 1.807) is 6.08 Å². The Morgan fingerprint density at radius 2 is 1.00 bits per heavy atom. The van der Waals surface area contributed by atoms with E-state index in [1.165, 1.54) is 0 Å². The van der Waals surface area contributed by atoms with Crippen LogP contribution in [-0.4, -0.2) is 23.4 Å². The van der Waals surface area contributed by atoms with Gasteiger partial charge in [-0.15, -0.1) is 19.7 Å². The molecule has 0 aromatic carbocycles. The van der Waals surface area contributed by atoms with Crippen molar-refractivity contribution in [2.24, 2.45) is 17.8 Å². The third kappa shape index (κ3) is 30.3. The van der Waals surface area contributed by atoms with Crippen LogP contribution in [0.5, 0.6) is 0 Å². The van der Waals surface area contributed by atoms with Gasteiger partial charge < -0.3 is 10.2 Å². The summed E-state index contributed by atoms with van der Waals surface area (Å²) in [7, 11) is 0. The molecule has 20 heavy (non-hydrogen) atoms. The van der Waals surface area contributed by atoms with Gasteiger partial charge in [0.25, 0.3) is 0 Å². The molecule has 0 amide bonds. The zero-order chi connectivity index (χ0) is 16.4. The Morgan fingerprint density at radius 3 is 1.05 bits per heavy atom. The maximum atomic E-state index is 8.45. The molecule has 0 saturated heterocycles. The fraction of sp³-hybridized carbons (Fsp3) is 0.667. The van der Waals surface area contributed by atoms with E-state index >= 15 is 0 Å². The quantitative estimate of drug-likeness (QED) is 0.639. The lowest BCUT2D eigenvalue weighted by atomic mass is 10.1. The van der Waals surface area contributed by atoms with Crippen LogP contribution in [0.25, 0.3) is 0 Å². The van der Waals surface area contributed by atoms with E-state index in [1.807, 2.05) is 12.2 Å². The summed E-state index contributed by atoms with van der Waals surface area (Å²) in [6, 6.07) is 0. The van der Waals surface area contributed by atoms with Crippen molar-refractivity contribution in [3.05, 3.63) is 38.0 Å². The second-order valence-corrected chi connectivity index (χ2v) is 5.59. The van der Waals surface area contributed by atoms with Crippen molar-refractivity contribution >= 4 is 0 Å². The summed E-state index contributed by atoms with van der Waals surface area (Å²) in [4.78, 5) is 0. The summed E-state index contributed by atoms with van der Waals surface area (Å²) in [5.41, 5.74) is 0. The lowest BCUT2D eigenvalue weighted by molar-refractivity contribution is 0.152. The van der Waals surface area contributed by atoms with E-state index in [-0.39, 0.29) is 19.1 Å². The van der Waals surface area contributed by atoms with E-state index in [4.69, 9.17) is 10.2 Å². The van der Waals surface area contributed by atoms with Gasteiger partial charge >= 0.3 is 0 Å². The van der Waals surface area contributed by atoms with Crippen molar-refractivity contribution < 1.29 is 10.2 Å². The average molecular weight is 284 g/mol. The Labute approximate surface area is 126 Å². The molecule has 0 aliphatic carbocycles. The molecule has 0 spiro atoms. The van der Waals surface area contributed by atoms with Gasteiger partial charge in [0.15, 0.2) is 0 Å². The zero-order valence-electron chi connectivity index (χ0n) is 14.0. The molecule has 0 heterocycles. The first-order chi connectivity index (χ1) is 9.39. The second kappa shape index (κ2) is 20.5. The van der Waals surface area contributed by atoms with Gasteiger partial charge in [-0.25, -0.2) is 0 Å². The molecule has 120 valence electrons. The summed E-state index contributed by atoms with van der Waals surface area (Å²) in [5, 5.41) is 16.9. The highest BCUT2D eigenvalue weighted by Crippen LogP contribution is 1.99. The van der Waals surface area contributed by atoms with Crippen molar-refractivity contribution in [1.29, 1.82) is 0 Å². The maximum absolute atomic E-state index is 8.45. The Kier molecular flexibility index (Phi) is 24.7. The Hall–Kier alpha value is -0.860. The minimum Gasteiger partial charge on any atom is -0.396 e. The van der Waals surface area contributed by atoms with Crippen LogP contribution in [0.2, 0.25) is 0 Å². The highest BCUT2D eigenvalue weighted by Gasteiger charge is 2.00. The molecule has 0 aliphatic rings. The number of aliphatic hydroxyl groups is 2. The van der Waals surface area contributed by atoms with E-state index in [0.29, 0.717) is 6.42 Å². The molecule has 2 heteroatoms. The highest BCUT2D eigenvalue weighted by molar-refractivity contribution is 4.71. The fourth-order valence-electron chi connectivity index (χ4n) is 1.11. The van der Waals surface area contributed by atoms with Crippen LogP contribution in [0.1, 0.15) is 47.0 Å². The van der Waals surface area contributed by atoms with E-state index in [2.05, 4.69) is 47.4 Å². The summed E-state index contributed by atoms with van der Waals surface area (Å²) >= 11 is 0. The van der Waals surface area contributed by atoms with Gasteiger partial charge in [0, 0.05) is 19.1 Å². The zero-order valence-corrected chi connectivity index (χ0v) is 14.0. The van der Waals surface area contributed by atoms with Gasteiger partial charge in [-0.2, -0.15) is 0 Å². The first-order valence-corrected chi connectivity index (χ1v) is 7.43. The van der Waals surface area contributed by atoms with Gasteiger partial charge in [0.05, 0.1) is 0 Å². The SMILES string of the molecule is C=CCC(C)C.C=CCC(C)C.C=CCC(CO)CO. The number of rotatable bonds is 8. The molecule has 0 aliphatic heterocycles. The van der Waals surface area contributed by atoms with Gasteiger partial charge in [0.2, 0.25) is 0 Å². The molecule has 0 aromatic heterocycles. The van der Waals surface area contributed by atoms with Crippen molar-refractivity contribution in [2.45, 2.75) is 47.0 Å². The monoisotopic (exact) mass is 284 g/mol. The Balaban J connectivity index is -0.000000221. The fourth-order valence-corrected chi connectivity index (χ4v) is 1.11. The van der Waals surface area contributed by atoms with Crippen LogP contribution in [0.3, 0.4) is 0 Å². The van der Waals surface area contributed by atoms with Crippen LogP contribution in [-0.2, 0) is 0 Å². The topological polar surface area (TPSA) is 40.5 Å². The molecule has 0 atom stereocenters. The standard InChI is InChI=1S/C6H12O2.2C6H12/c1-2-3-6(4-7)5-8;2*1-4-5-6(2)3/h2,6-8H,1,3-5H2;2*4,6H,1,5H2,2-3H3. The Bertz CT molecular complexity index is 189. The van der Waals surface area contributed by atoms with E-state index in [0.717, 1.165) is 24.7 Å². The molecular weight excluding hydrogens is 248 g/mol. The second-order valence-electron chi connectivity index (χ2n) is 5.59. The normalized spacial score (nSPS) is 9.45. The van der Waals surface area contributed by atoms with Crippen molar-refractivity contribution in [3.63, 3.8) is 0 Å². The van der Waals surface area contributed by atoms with Crippen LogP contribution < -0.4 is 0 Å². The molecule has 2 nitrogen and oxygen atoms in total. The minimum atomic E-state index is -0.00694. The summed E-state index contributed by atoms with van der Waals surface area (Å²) in [5.74, 6) is 1.55. The summed E-state index contributed by atoms with van der Waals surface area (Å²) < 4.78 is 0. The van der Waals surface area contributed by atoms with Crippen molar-refractivity contribution in [3.8, 4) is 0 Å². The van der Waals surface area contributed by atoms with Gasteiger partial charge in [-0.05, 0) is 31.1 Å². The molecule has 0 aromatic rings. The molecule has 0 unspecified atom stereocenters. The highest BCUT2D eigenvalue weighted by atomic mass is 16.3. The van der Waals surface area contributed by atoms with Crippen LogP contribution in [0.4, 0.5) is 0 Å². The van der Waals surface area contributed by atoms with Crippen LogP contribution in [0, 0.1) is 17.8 Å².